The van der Waals surface area contributed by atoms with Crippen LogP contribution in [0.25, 0.3) is 0 Å². The van der Waals surface area contributed by atoms with Crippen LogP contribution >= 0.6 is 0 Å². The van der Waals surface area contributed by atoms with Crippen molar-refractivity contribution in [3.05, 3.63) is 37.0 Å². The molecule has 0 spiro atoms. The zero-order valence-corrected chi connectivity index (χ0v) is 11.8. The van der Waals surface area contributed by atoms with Gasteiger partial charge in [0, 0.05) is 21.1 Å². The van der Waals surface area contributed by atoms with E-state index in [-0.39, 0.29) is 39.1 Å². The third-order valence-electron chi connectivity index (χ3n) is 2.45. The molecular formula is C12H14FO2W-. The number of benzene rings is 1. The van der Waals surface area contributed by atoms with Gasteiger partial charge in [-0.15, -0.1) is 0 Å². The fourth-order valence-corrected chi connectivity index (χ4v) is 1.62. The van der Waals surface area contributed by atoms with Crippen molar-refractivity contribution in [1.82, 2.24) is 0 Å². The first-order chi connectivity index (χ1) is 7.24. The molecule has 1 heterocycles. The molecule has 4 heteroatoms. The summed E-state index contributed by atoms with van der Waals surface area (Å²) in [6.07, 6.45) is 2.18. The van der Waals surface area contributed by atoms with Crippen LogP contribution in [0.1, 0.15) is 12.8 Å². The molecule has 1 unspecified atom stereocenters. The molecule has 16 heavy (non-hydrogen) atoms. The number of halogens is 1. The third-order valence-corrected chi connectivity index (χ3v) is 2.45. The summed E-state index contributed by atoms with van der Waals surface area (Å²) in [5.74, 6) is 0.421. The van der Waals surface area contributed by atoms with Gasteiger partial charge in [0.2, 0.25) is 0 Å². The molecule has 1 aromatic carbocycles. The van der Waals surface area contributed by atoms with E-state index in [4.69, 9.17) is 9.47 Å². The van der Waals surface area contributed by atoms with Crippen molar-refractivity contribution in [3.63, 3.8) is 0 Å². The Labute approximate surface area is 109 Å². The van der Waals surface area contributed by atoms with Gasteiger partial charge in [-0.2, -0.15) is 0 Å². The van der Waals surface area contributed by atoms with Gasteiger partial charge >= 0.3 is 0 Å². The molecule has 1 aromatic rings. The summed E-state index contributed by atoms with van der Waals surface area (Å²) in [4.78, 5) is 0. The van der Waals surface area contributed by atoms with Gasteiger partial charge in [-0.05, 0) is 30.7 Å². The monoisotopic (exact) mass is 393 g/mol. The van der Waals surface area contributed by atoms with Gasteiger partial charge in [-0.1, -0.05) is 12.5 Å². The molecule has 88 valence electrons. The minimum Gasteiger partial charge on any atom is -0.491 e. The summed E-state index contributed by atoms with van der Waals surface area (Å²) in [5, 5.41) is 0. The summed E-state index contributed by atoms with van der Waals surface area (Å²) >= 11 is 0. The van der Waals surface area contributed by atoms with E-state index in [1.54, 1.807) is 12.1 Å². The number of ether oxygens (including phenoxy) is 2. The molecule has 1 saturated heterocycles. The van der Waals surface area contributed by atoms with E-state index in [1.165, 1.54) is 12.1 Å². The SMILES string of the molecule is [CH2-][C@@H]1CCC(COc2ccc(F)cc2)O1.[W]. The maximum absolute atomic E-state index is 12.6. The van der Waals surface area contributed by atoms with E-state index < -0.39 is 0 Å². The summed E-state index contributed by atoms with van der Waals surface area (Å²) in [5.41, 5.74) is 0. The van der Waals surface area contributed by atoms with E-state index >= 15 is 0 Å². The van der Waals surface area contributed by atoms with Gasteiger partial charge < -0.3 is 16.4 Å². The average molecular weight is 393 g/mol. The van der Waals surface area contributed by atoms with Crippen molar-refractivity contribution in [1.29, 1.82) is 0 Å². The Morgan fingerprint density at radius 2 is 2.00 bits per heavy atom. The standard InChI is InChI=1S/C12H14FO2.W/c1-9-2-5-12(15-9)8-14-11-6-3-10(13)4-7-11;/h3-4,6-7,9,12H,1-2,5,8H2;/q-1;/t9-,12?;/m1./s1. The second-order valence-corrected chi connectivity index (χ2v) is 3.72. The first kappa shape index (κ1) is 13.7. The first-order valence-corrected chi connectivity index (χ1v) is 5.11. The Bertz CT molecular complexity index is 315. The van der Waals surface area contributed by atoms with Crippen LogP contribution in [0.2, 0.25) is 0 Å². The van der Waals surface area contributed by atoms with Crippen molar-refractivity contribution in [2.24, 2.45) is 0 Å². The molecule has 0 saturated carbocycles. The molecule has 0 amide bonds. The smallest absolute Gasteiger partial charge is 0.123 e. The van der Waals surface area contributed by atoms with Gasteiger partial charge in [0.05, 0.1) is 6.10 Å². The van der Waals surface area contributed by atoms with Crippen LogP contribution in [0.15, 0.2) is 24.3 Å². The third kappa shape index (κ3) is 3.88. The Morgan fingerprint density at radius 1 is 1.31 bits per heavy atom. The predicted octanol–water partition coefficient (Wildman–Crippen LogP) is 2.58. The molecule has 1 aliphatic rings. The Balaban J connectivity index is 0.00000128. The molecular weight excluding hydrogens is 379 g/mol. The molecule has 2 rings (SSSR count). The predicted molar refractivity (Wildman–Crippen MR) is 55.1 cm³/mol. The van der Waals surface area contributed by atoms with Gasteiger partial charge in [0.1, 0.15) is 18.2 Å². The summed E-state index contributed by atoms with van der Waals surface area (Å²) < 4.78 is 23.6. The average Bonchev–Trinajstić information content (AvgIpc) is 2.64. The topological polar surface area (TPSA) is 18.5 Å². The van der Waals surface area contributed by atoms with Crippen LogP contribution < -0.4 is 4.74 Å². The fourth-order valence-electron chi connectivity index (χ4n) is 1.62. The van der Waals surface area contributed by atoms with Crippen LogP contribution in [-0.4, -0.2) is 18.8 Å². The summed E-state index contributed by atoms with van der Waals surface area (Å²) in [6.45, 7) is 4.34. The van der Waals surface area contributed by atoms with Gasteiger partial charge in [-0.3, -0.25) is 0 Å². The van der Waals surface area contributed by atoms with Crippen LogP contribution in [0.5, 0.6) is 5.75 Å². The Morgan fingerprint density at radius 3 is 2.56 bits per heavy atom. The van der Waals surface area contributed by atoms with Gasteiger partial charge in [-0.25, -0.2) is 4.39 Å². The molecule has 0 bridgehead atoms. The normalized spacial score (nSPS) is 23.9. The van der Waals surface area contributed by atoms with Crippen LogP contribution in [0.3, 0.4) is 0 Å². The zero-order chi connectivity index (χ0) is 10.7. The molecule has 0 aliphatic carbocycles. The Kier molecular flexibility index (Phi) is 5.43. The minimum absolute atomic E-state index is 0. The van der Waals surface area contributed by atoms with Gasteiger partial charge in [0.15, 0.2) is 0 Å². The molecule has 1 fully saturated rings. The van der Waals surface area contributed by atoms with Crippen LogP contribution in [0, 0.1) is 12.7 Å². The second kappa shape index (κ2) is 6.36. The maximum atomic E-state index is 12.6. The van der Waals surface area contributed by atoms with Gasteiger partial charge in [0.25, 0.3) is 0 Å². The van der Waals surface area contributed by atoms with E-state index in [0.717, 1.165) is 12.8 Å². The summed E-state index contributed by atoms with van der Waals surface area (Å²) in [7, 11) is 0. The molecule has 0 radical (unpaired) electrons. The Hall–Kier alpha value is -0.402. The van der Waals surface area contributed by atoms with E-state index in [1.807, 2.05) is 0 Å². The number of hydrogen-bond donors (Lipinski definition) is 0. The summed E-state index contributed by atoms with van der Waals surface area (Å²) in [6, 6.07) is 6.00. The molecule has 1 aliphatic heterocycles. The maximum Gasteiger partial charge on any atom is 0.123 e. The second-order valence-electron chi connectivity index (χ2n) is 3.72. The molecule has 2 atom stereocenters. The molecule has 0 aromatic heterocycles. The van der Waals surface area contributed by atoms with E-state index in [2.05, 4.69) is 6.92 Å². The van der Waals surface area contributed by atoms with E-state index in [9.17, 15) is 4.39 Å². The fraction of sp³-hybridized carbons (Fsp3) is 0.417. The van der Waals surface area contributed by atoms with Crippen LogP contribution in [-0.2, 0) is 25.8 Å². The van der Waals surface area contributed by atoms with Crippen molar-refractivity contribution < 1.29 is 34.9 Å². The van der Waals surface area contributed by atoms with Crippen molar-refractivity contribution in [2.45, 2.75) is 25.0 Å². The first-order valence-electron chi connectivity index (χ1n) is 5.11. The number of rotatable bonds is 3. The molecule has 2 nitrogen and oxygen atoms in total. The van der Waals surface area contributed by atoms with Crippen molar-refractivity contribution in [3.8, 4) is 5.75 Å². The van der Waals surface area contributed by atoms with E-state index in [0.29, 0.717) is 12.4 Å². The van der Waals surface area contributed by atoms with Crippen molar-refractivity contribution in [2.75, 3.05) is 6.61 Å². The quantitative estimate of drug-likeness (QED) is 0.736. The minimum atomic E-state index is -0.253. The number of hydrogen-bond acceptors (Lipinski definition) is 2. The van der Waals surface area contributed by atoms with Crippen LogP contribution in [0.4, 0.5) is 4.39 Å². The molecule has 0 N–H and O–H groups in total. The van der Waals surface area contributed by atoms with Crippen molar-refractivity contribution >= 4 is 0 Å². The largest absolute Gasteiger partial charge is 0.491 e. The zero-order valence-electron chi connectivity index (χ0n) is 8.90.